The number of rotatable bonds is 19. The predicted octanol–water partition coefficient (Wildman–Crippen LogP) is 9.43. The van der Waals surface area contributed by atoms with Gasteiger partial charge in [0.05, 0.1) is 24.5 Å². The quantitative estimate of drug-likeness (QED) is 0.106. The maximum Gasteiger partial charge on any atom is 0.343 e. The summed E-state index contributed by atoms with van der Waals surface area (Å²) in [5, 5.41) is 5.93. The van der Waals surface area contributed by atoms with Gasteiger partial charge in [0, 0.05) is 23.2 Å². The van der Waals surface area contributed by atoms with E-state index in [1.165, 1.54) is 12.1 Å². The lowest BCUT2D eigenvalue weighted by Gasteiger charge is -2.29. The molecule has 302 valence electrons. The molecule has 2 fully saturated rings. The van der Waals surface area contributed by atoms with Crippen molar-refractivity contribution in [2.75, 3.05) is 17.7 Å². The number of benzene rings is 2. The van der Waals surface area contributed by atoms with Crippen molar-refractivity contribution in [3.63, 3.8) is 0 Å². The van der Waals surface area contributed by atoms with Crippen molar-refractivity contribution in [2.45, 2.75) is 143 Å². The lowest BCUT2D eigenvalue weighted by molar-refractivity contribution is -0.157. The number of methoxy groups -OCH3 is 1. The van der Waals surface area contributed by atoms with E-state index in [0.29, 0.717) is 74.2 Å². The van der Waals surface area contributed by atoms with Crippen LogP contribution >= 0.6 is 0 Å². The van der Waals surface area contributed by atoms with Crippen LogP contribution in [0.2, 0.25) is 0 Å². The van der Waals surface area contributed by atoms with E-state index in [0.717, 1.165) is 51.4 Å². The normalized spacial score (nSPS) is 20.7. The van der Waals surface area contributed by atoms with Gasteiger partial charge in [0.1, 0.15) is 23.7 Å². The summed E-state index contributed by atoms with van der Waals surface area (Å²) in [6, 6.07) is 11.3. The number of hydrogen-bond donors (Lipinski definition) is 2. The Kier molecular flexibility index (Phi) is 17.5. The van der Waals surface area contributed by atoms with Crippen LogP contribution in [0.3, 0.4) is 0 Å². The largest absolute Gasteiger partial charge is 0.497 e. The molecule has 2 saturated carbocycles. The van der Waals surface area contributed by atoms with E-state index in [4.69, 9.17) is 18.9 Å². The van der Waals surface area contributed by atoms with E-state index >= 15 is 0 Å². The predicted molar refractivity (Wildman–Crippen MR) is 212 cm³/mol. The summed E-state index contributed by atoms with van der Waals surface area (Å²) in [6.07, 6.45) is 11.5. The topological polar surface area (TPSA) is 146 Å². The summed E-state index contributed by atoms with van der Waals surface area (Å²) >= 11 is 0. The molecule has 2 aliphatic rings. The van der Waals surface area contributed by atoms with Crippen molar-refractivity contribution in [1.29, 1.82) is 0 Å². The molecule has 2 aromatic rings. The van der Waals surface area contributed by atoms with Crippen LogP contribution in [0.5, 0.6) is 11.5 Å². The number of nitrogens with one attached hydrogen (secondary N) is 2. The summed E-state index contributed by atoms with van der Waals surface area (Å²) in [6.45, 7) is 8.24. The molecule has 2 aliphatic carbocycles. The standard InChI is InChI=1S/C44H62N2O9/c1-6-10-12-29(8-3)42(49)53-37-18-14-31(15-19-37)40(47)45-34-26-33(44(51)55-39-24-22-36(52-5)23-25-39)27-35(28-34)46-41(48)32-16-20-38(21-17-32)54-43(50)30(9-4)13-11-7-2/h22-32,37-38H,6-21H2,1-5H3,(H,45,47)(H,46,48). The van der Waals surface area contributed by atoms with Crippen LogP contribution < -0.4 is 20.1 Å². The summed E-state index contributed by atoms with van der Waals surface area (Å²) in [4.78, 5) is 66.0. The lowest BCUT2D eigenvalue weighted by atomic mass is 9.86. The summed E-state index contributed by atoms with van der Waals surface area (Å²) in [5.74, 6) is -1.20. The third-order valence-corrected chi connectivity index (χ3v) is 11.1. The Labute approximate surface area is 327 Å². The molecular weight excluding hydrogens is 700 g/mol. The summed E-state index contributed by atoms with van der Waals surface area (Å²) in [5.41, 5.74) is 0.852. The number of carbonyl (C=O) groups is 5. The molecule has 0 saturated heterocycles. The second-order valence-electron chi connectivity index (χ2n) is 15.2. The van der Waals surface area contributed by atoms with E-state index in [9.17, 15) is 24.0 Å². The van der Waals surface area contributed by atoms with Gasteiger partial charge >= 0.3 is 17.9 Å². The fourth-order valence-electron chi connectivity index (χ4n) is 7.47. The minimum Gasteiger partial charge on any atom is -0.497 e. The Balaban J connectivity index is 1.40. The fourth-order valence-corrected chi connectivity index (χ4v) is 7.47. The van der Waals surface area contributed by atoms with Gasteiger partial charge < -0.3 is 29.6 Å². The van der Waals surface area contributed by atoms with Gasteiger partial charge in [0.25, 0.3) is 0 Å². The molecule has 0 aromatic heterocycles. The summed E-state index contributed by atoms with van der Waals surface area (Å²) in [7, 11) is 1.55. The van der Waals surface area contributed by atoms with E-state index < -0.39 is 5.97 Å². The first-order valence-electron chi connectivity index (χ1n) is 20.6. The molecular formula is C44H62N2O9. The van der Waals surface area contributed by atoms with Gasteiger partial charge in [0.15, 0.2) is 0 Å². The van der Waals surface area contributed by atoms with Crippen LogP contribution in [-0.2, 0) is 28.7 Å². The molecule has 11 nitrogen and oxygen atoms in total. The Morgan fingerprint density at radius 3 is 1.42 bits per heavy atom. The Morgan fingerprint density at radius 2 is 1.04 bits per heavy atom. The SMILES string of the molecule is CCCCC(CC)C(=O)OC1CCC(C(=O)Nc2cc(NC(=O)C3CCC(OC(=O)C(CC)CCCC)CC3)cc(C(=O)Oc3ccc(OC)cc3)c2)CC1. The van der Waals surface area contributed by atoms with Gasteiger partial charge in [-0.15, -0.1) is 0 Å². The van der Waals surface area contributed by atoms with Gasteiger partial charge in [-0.2, -0.15) is 0 Å². The highest BCUT2D eigenvalue weighted by Crippen LogP contribution is 2.32. The monoisotopic (exact) mass is 762 g/mol. The molecule has 2 N–H and O–H groups in total. The highest BCUT2D eigenvalue weighted by atomic mass is 16.6. The molecule has 2 unspecified atom stereocenters. The number of esters is 3. The average molecular weight is 763 g/mol. The van der Waals surface area contributed by atoms with E-state index in [1.807, 2.05) is 13.8 Å². The first-order chi connectivity index (χ1) is 26.6. The second-order valence-corrected chi connectivity index (χ2v) is 15.2. The van der Waals surface area contributed by atoms with Gasteiger partial charge in [-0.25, -0.2) is 4.79 Å². The van der Waals surface area contributed by atoms with Crippen LogP contribution in [0.1, 0.15) is 141 Å². The van der Waals surface area contributed by atoms with Crippen molar-refractivity contribution in [2.24, 2.45) is 23.7 Å². The molecule has 0 heterocycles. The maximum absolute atomic E-state index is 13.5. The smallest absolute Gasteiger partial charge is 0.343 e. The minimum atomic E-state index is -0.657. The van der Waals surface area contributed by atoms with Crippen LogP contribution in [0, 0.1) is 23.7 Å². The van der Waals surface area contributed by atoms with E-state index in [1.54, 1.807) is 37.4 Å². The van der Waals surface area contributed by atoms with Crippen molar-refractivity contribution in [3.8, 4) is 11.5 Å². The Morgan fingerprint density at radius 1 is 0.618 bits per heavy atom. The number of ether oxygens (including phenoxy) is 4. The van der Waals surface area contributed by atoms with Crippen molar-refractivity contribution >= 4 is 41.1 Å². The Hall–Kier alpha value is -4.41. The highest BCUT2D eigenvalue weighted by Gasteiger charge is 2.32. The average Bonchev–Trinajstić information content (AvgIpc) is 3.19. The second kappa shape index (κ2) is 22.2. The van der Waals surface area contributed by atoms with Crippen LogP contribution in [0.15, 0.2) is 42.5 Å². The lowest BCUT2D eigenvalue weighted by Crippen LogP contribution is -2.33. The number of hydrogen-bond acceptors (Lipinski definition) is 9. The third kappa shape index (κ3) is 13.4. The maximum atomic E-state index is 13.5. The highest BCUT2D eigenvalue weighted by molar-refractivity contribution is 6.00. The molecule has 2 aromatic carbocycles. The Bertz CT molecular complexity index is 1480. The first kappa shape index (κ1) is 43.3. The van der Waals surface area contributed by atoms with E-state index in [2.05, 4.69) is 24.5 Å². The summed E-state index contributed by atoms with van der Waals surface area (Å²) < 4.78 is 22.5. The van der Waals surface area contributed by atoms with Crippen LogP contribution in [0.4, 0.5) is 11.4 Å². The van der Waals surface area contributed by atoms with Gasteiger partial charge in [-0.05, 0) is 120 Å². The molecule has 4 rings (SSSR count). The molecule has 11 heteroatoms. The molecule has 0 spiro atoms. The van der Waals surface area contributed by atoms with Crippen molar-refractivity contribution < 1.29 is 42.9 Å². The minimum absolute atomic E-state index is 0.0900. The molecule has 55 heavy (non-hydrogen) atoms. The molecule has 0 radical (unpaired) electrons. The zero-order valence-electron chi connectivity index (χ0n) is 33.5. The molecule has 0 aliphatic heterocycles. The van der Waals surface area contributed by atoms with Crippen molar-refractivity contribution in [1.82, 2.24) is 0 Å². The van der Waals surface area contributed by atoms with Gasteiger partial charge in [-0.3, -0.25) is 19.2 Å². The molecule has 2 atom stereocenters. The fraction of sp³-hybridized carbons (Fsp3) is 0.614. The zero-order chi connectivity index (χ0) is 39.7. The number of carbonyl (C=O) groups excluding carboxylic acids is 5. The van der Waals surface area contributed by atoms with Gasteiger partial charge in [-0.1, -0.05) is 53.4 Å². The van der Waals surface area contributed by atoms with Crippen molar-refractivity contribution in [3.05, 3.63) is 48.0 Å². The zero-order valence-corrected chi connectivity index (χ0v) is 33.5. The molecule has 2 amide bonds. The molecule has 0 bridgehead atoms. The van der Waals surface area contributed by atoms with E-state index in [-0.39, 0.29) is 65.2 Å². The third-order valence-electron chi connectivity index (χ3n) is 11.1. The van der Waals surface area contributed by atoms with Crippen LogP contribution in [0.25, 0.3) is 0 Å². The first-order valence-corrected chi connectivity index (χ1v) is 20.6. The number of anilines is 2. The van der Waals surface area contributed by atoms with Crippen LogP contribution in [-0.4, -0.2) is 49.0 Å². The number of amides is 2. The van der Waals surface area contributed by atoms with Gasteiger partial charge in [0.2, 0.25) is 11.8 Å². The number of unbranched alkanes of at least 4 members (excludes halogenated alkanes) is 2.